The maximum Gasteiger partial charge on any atom is 0.332 e. The normalized spacial score (nSPS) is 10.2. The fourth-order valence-corrected chi connectivity index (χ4v) is 1.08. The Labute approximate surface area is 87.6 Å². The highest BCUT2D eigenvalue weighted by molar-refractivity contribution is 5.86. The number of hydrogen-bond donors (Lipinski definition) is 2. The van der Waals surface area contributed by atoms with Gasteiger partial charge in [0.1, 0.15) is 12.2 Å². The molecule has 0 saturated heterocycles. The zero-order valence-electron chi connectivity index (χ0n) is 8.60. The van der Waals surface area contributed by atoms with Gasteiger partial charge in [-0.2, -0.15) is 0 Å². The Hall–Kier alpha value is -1.69. The lowest BCUT2D eigenvalue weighted by atomic mass is 10.3. The van der Waals surface area contributed by atoms with E-state index in [1.165, 1.54) is 0 Å². The molecule has 6 nitrogen and oxygen atoms in total. The summed E-state index contributed by atoms with van der Waals surface area (Å²) in [6, 6.07) is 0. The minimum Gasteiger partial charge on any atom is -0.478 e. The quantitative estimate of drug-likeness (QED) is 0.647. The number of rotatable bonds is 6. The second-order valence-corrected chi connectivity index (χ2v) is 3.05. The van der Waals surface area contributed by atoms with Crippen molar-refractivity contribution in [3.8, 4) is 0 Å². The molecule has 0 radical (unpaired) electrons. The van der Waals surface area contributed by atoms with E-state index in [0.717, 1.165) is 12.4 Å². The van der Waals surface area contributed by atoms with Gasteiger partial charge in [-0.05, 0) is 6.92 Å². The van der Waals surface area contributed by atoms with Crippen LogP contribution in [0.4, 0.5) is 0 Å². The molecule has 0 atom stereocenters. The summed E-state index contributed by atoms with van der Waals surface area (Å²) in [4.78, 5) is 10.4. The van der Waals surface area contributed by atoms with Crippen LogP contribution in [-0.4, -0.2) is 32.4 Å². The largest absolute Gasteiger partial charge is 0.478 e. The van der Waals surface area contributed by atoms with Gasteiger partial charge in [-0.1, -0.05) is 6.58 Å². The van der Waals surface area contributed by atoms with Gasteiger partial charge >= 0.3 is 5.97 Å². The van der Waals surface area contributed by atoms with Crippen molar-refractivity contribution in [2.24, 2.45) is 0 Å². The molecule has 1 aromatic heterocycles. The standard InChI is InChI=1S/C9H14N4O2/c1-3-13-6-11-12-8(13)5-10-4-7(2)9(14)15/h6,10H,2-5H2,1H3,(H,14,15). The summed E-state index contributed by atoms with van der Waals surface area (Å²) in [6.07, 6.45) is 1.64. The SMILES string of the molecule is C=C(CNCc1nncn1CC)C(=O)O. The third-order valence-electron chi connectivity index (χ3n) is 1.96. The van der Waals surface area contributed by atoms with Crippen LogP contribution in [0.3, 0.4) is 0 Å². The highest BCUT2D eigenvalue weighted by Gasteiger charge is 2.05. The van der Waals surface area contributed by atoms with E-state index in [2.05, 4.69) is 22.1 Å². The Morgan fingerprint density at radius 3 is 3.07 bits per heavy atom. The number of carboxylic acid groups (broad SMARTS) is 1. The van der Waals surface area contributed by atoms with Gasteiger partial charge in [0, 0.05) is 18.7 Å². The van der Waals surface area contributed by atoms with Crippen LogP contribution < -0.4 is 5.32 Å². The zero-order valence-corrected chi connectivity index (χ0v) is 8.60. The second-order valence-electron chi connectivity index (χ2n) is 3.05. The molecule has 0 aliphatic carbocycles. The van der Waals surface area contributed by atoms with Crippen LogP contribution in [0, 0.1) is 0 Å². The molecule has 0 aliphatic heterocycles. The highest BCUT2D eigenvalue weighted by atomic mass is 16.4. The molecule has 1 heterocycles. The van der Waals surface area contributed by atoms with E-state index < -0.39 is 5.97 Å². The first-order chi connectivity index (χ1) is 7.15. The van der Waals surface area contributed by atoms with Gasteiger partial charge in [-0.3, -0.25) is 0 Å². The van der Waals surface area contributed by atoms with Gasteiger partial charge in [-0.15, -0.1) is 10.2 Å². The molecular formula is C9H14N4O2. The van der Waals surface area contributed by atoms with E-state index in [1.54, 1.807) is 6.33 Å². The van der Waals surface area contributed by atoms with E-state index in [4.69, 9.17) is 5.11 Å². The van der Waals surface area contributed by atoms with Crippen molar-refractivity contribution in [3.05, 3.63) is 24.3 Å². The molecule has 0 spiro atoms. The predicted octanol–water partition coefficient (Wildman–Crippen LogP) is 0.0284. The van der Waals surface area contributed by atoms with Crippen molar-refractivity contribution in [1.29, 1.82) is 0 Å². The summed E-state index contributed by atoms with van der Waals surface area (Å²) < 4.78 is 1.89. The molecular weight excluding hydrogens is 196 g/mol. The summed E-state index contributed by atoms with van der Waals surface area (Å²) in [5, 5.41) is 19.2. The maximum atomic E-state index is 10.4. The van der Waals surface area contributed by atoms with E-state index in [-0.39, 0.29) is 12.1 Å². The van der Waals surface area contributed by atoms with Crippen molar-refractivity contribution in [2.75, 3.05) is 6.54 Å². The Balaban J connectivity index is 2.38. The number of nitrogens with one attached hydrogen (secondary N) is 1. The van der Waals surface area contributed by atoms with Crippen molar-refractivity contribution in [1.82, 2.24) is 20.1 Å². The van der Waals surface area contributed by atoms with Crippen LogP contribution >= 0.6 is 0 Å². The molecule has 0 unspecified atom stereocenters. The molecule has 0 amide bonds. The summed E-state index contributed by atoms with van der Waals surface area (Å²) in [7, 11) is 0. The summed E-state index contributed by atoms with van der Waals surface area (Å²) in [5.41, 5.74) is 0.137. The monoisotopic (exact) mass is 210 g/mol. The number of carbonyl (C=O) groups is 1. The molecule has 6 heteroatoms. The first kappa shape index (κ1) is 11.4. The first-order valence-corrected chi connectivity index (χ1v) is 4.63. The first-order valence-electron chi connectivity index (χ1n) is 4.63. The molecule has 0 aromatic carbocycles. The summed E-state index contributed by atoms with van der Waals surface area (Å²) in [5.74, 6) is -0.199. The van der Waals surface area contributed by atoms with Crippen LogP contribution in [0.5, 0.6) is 0 Å². The topological polar surface area (TPSA) is 80.0 Å². The van der Waals surface area contributed by atoms with Crippen LogP contribution in [0.25, 0.3) is 0 Å². The van der Waals surface area contributed by atoms with Crippen LogP contribution in [0.15, 0.2) is 18.5 Å². The Morgan fingerprint density at radius 1 is 1.73 bits per heavy atom. The number of hydrogen-bond acceptors (Lipinski definition) is 4. The van der Waals surface area contributed by atoms with Crippen molar-refractivity contribution >= 4 is 5.97 Å². The number of carboxylic acids is 1. The fraction of sp³-hybridized carbons (Fsp3) is 0.444. The molecule has 15 heavy (non-hydrogen) atoms. The van der Waals surface area contributed by atoms with E-state index in [1.807, 2.05) is 11.5 Å². The molecule has 0 aliphatic rings. The molecule has 2 N–H and O–H groups in total. The molecule has 0 saturated carbocycles. The lowest BCUT2D eigenvalue weighted by Crippen LogP contribution is -2.21. The van der Waals surface area contributed by atoms with Crippen molar-refractivity contribution in [2.45, 2.75) is 20.0 Å². The summed E-state index contributed by atoms with van der Waals surface area (Å²) in [6.45, 7) is 6.92. The van der Waals surface area contributed by atoms with Gasteiger partial charge in [-0.25, -0.2) is 4.79 Å². The maximum absolute atomic E-state index is 10.4. The van der Waals surface area contributed by atoms with Gasteiger partial charge in [0.05, 0.1) is 6.54 Å². The third kappa shape index (κ3) is 3.17. The van der Waals surface area contributed by atoms with Gasteiger partial charge < -0.3 is 15.0 Å². The number of aryl methyl sites for hydroxylation is 1. The average molecular weight is 210 g/mol. The van der Waals surface area contributed by atoms with Gasteiger partial charge in [0.15, 0.2) is 0 Å². The molecule has 0 fully saturated rings. The highest BCUT2D eigenvalue weighted by Crippen LogP contribution is 1.94. The molecule has 1 rings (SSSR count). The fourth-order valence-electron chi connectivity index (χ4n) is 1.08. The number of nitrogens with zero attached hydrogens (tertiary/aromatic N) is 3. The minimum absolute atomic E-state index is 0.137. The smallest absolute Gasteiger partial charge is 0.332 e. The van der Waals surface area contributed by atoms with Crippen LogP contribution in [-0.2, 0) is 17.9 Å². The van der Waals surface area contributed by atoms with Gasteiger partial charge in [0.2, 0.25) is 0 Å². The van der Waals surface area contributed by atoms with E-state index >= 15 is 0 Å². The summed E-state index contributed by atoms with van der Waals surface area (Å²) >= 11 is 0. The van der Waals surface area contributed by atoms with Gasteiger partial charge in [0.25, 0.3) is 0 Å². The molecule has 82 valence electrons. The van der Waals surface area contributed by atoms with Crippen molar-refractivity contribution < 1.29 is 9.90 Å². The number of aromatic nitrogens is 3. The predicted molar refractivity (Wildman–Crippen MR) is 54.2 cm³/mol. The van der Waals surface area contributed by atoms with E-state index in [0.29, 0.717) is 6.54 Å². The molecule has 0 bridgehead atoms. The zero-order chi connectivity index (χ0) is 11.3. The van der Waals surface area contributed by atoms with Crippen LogP contribution in [0.2, 0.25) is 0 Å². The third-order valence-corrected chi connectivity index (χ3v) is 1.96. The molecule has 1 aromatic rings. The average Bonchev–Trinajstić information content (AvgIpc) is 2.65. The Bertz CT molecular complexity index is 359. The Morgan fingerprint density at radius 2 is 2.47 bits per heavy atom. The van der Waals surface area contributed by atoms with Crippen molar-refractivity contribution in [3.63, 3.8) is 0 Å². The van der Waals surface area contributed by atoms with E-state index in [9.17, 15) is 4.79 Å². The van der Waals surface area contributed by atoms with Crippen LogP contribution in [0.1, 0.15) is 12.7 Å². The second kappa shape index (κ2) is 5.26. The lowest BCUT2D eigenvalue weighted by molar-refractivity contribution is -0.132. The number of aliphatic carboxylic acids is 1. The Kier molecular flexibility index (Phi) is 3.99. The lowest BCUT2D eigenvalue weighted by Gasteiger charge is -2.05. The minimum atomic E-state index is -0.987.